The van der Waals surface area contributed by atoms with E-state index < -0.39 is 0 Å². The molecule has 1 aliphatic rings. The molecule has 27 heavy (non-hydrogen) atoms. The molecule has 144 valence electrons. The van der Waals surface area contributed by atoms with Crippen molar-refractivity contribution in [1.29, 1.82) is 0 Å². The van der Waals surface area contributed by atoms with Crippen LogP contribution in [0.3, 0.4) is 0 Å². The molecule has 1 atom stereocenters. The number of unbranched alkanes of at least 4 members (excludes halogenated alkanes) is 1. The third kappa shape index (κ3) is 5.73. The smallest absolute Gasteiger partial charge is 0.255 e. The zero-order valence-corrected chi connectivity index (χ0v) is 15.8. The summed E-state index contributed by atoms with van der Waals surface area (Å²) < 4.78 is 17.1. The normalized spacial score (nSPS) is 16.1. The number of carbonyl (C=O) groups excluding carboxylic acids is 1. The summed E-state index contributed by atoms with van der Waals surface area (Å²) >= 11 is 0. The predicted octanol–water partition coefficient (Wildman–Crippen LogP) is 4.68. The van der Waals surface area contributed by atoms with E-state index in [1.165, 1.54) is 0 Å². The maximum Gasteiger partial charge on any atom is 0.255 e. The molecular formula is C22H27NO4. The maximum atomic E-state index is 12.6. The first-order valence-corrected chi connectivity index (χ1v) is 9.64. The second-order valence-electron chi connectivity index (χ2n) is 6.62. The molecule has 1 N–H and O–H groups in total. The quantitative estimate of drug-likeness (QED) is 0.652. The van der Waals surface area contributed by atoms with E-state index in [0.717, 1.165) is 38.0 Å². The molecule has 5 heteroatoms. The molecule has 1 fully saturated rings. The van der Waals surface area contributed by atoms with Gasteiger partial charge in [-0.3, -0.25) is 4.79 Å². The van der Waals surface area contributed by atoms with Crippen molar-refractivity contribution in [2.75, 3.05) is 25.1 Å². The van der Waals surface area contributed by atoms with E-state index in [9.17, 15) is 4.79 Å². The molecule has 2 aromatic rings. The van der Waals surface area contributed by atoms with Crippen molar-refractivity contribution in [2.45, 2.75) is 38.7 Å². The summed E-state index contributed by atoms with van der Waals surface area (Å²) in [7, 11) is 0. The van der Waals surface area contributed by atoms with Crippen molar-refractivity contribution in [3.63, 3.8) is 0 Å². The molecule has 1 amide bonds. The van der Waals surface area contributed by atoms with Gasteiger partial charge in [-0.2, -0.15) is 0 Å². The monoisotopic (exact) mass is 369 g/mol. The second-order valence-corrected chi connectivity index (χ2v) is 6.62. The summed E-state index contributed by atoms with van der Waals surface area (Å²) in [6.07, 6.45) is 4.33. The van der Waals surface area contributed by atoms with E-state index in [0.29, 0.717) is 30.2 Å². The highest BCUT2D eigenvalue weighted by Crippen LogP contribution is 2.26. The van der Waals surface area contributed by atoms with Crippen LogP contribution in [0.15, 0.2) is 48.5 Å². The maximum absolute atomic E-state index is 12.6. The third-order valence-electron chi connectivity index (χ3n) is 4.47. The lowest BCUT2D eigenvalue weighted by atomic mass is 10.2. The van der Waals surface area contributed by atoms with Crippen LogP contribution < -0.4 is 14.8 Å². The third-order valence-corrected chi connectivity index (χ3v) is 4.47. The van der Waals surface area contributed by atoms with E-state index in [2.05, 4.69) is 12.2 Å². The fourth-order valence-corrected chi connectivity index (χ4v) is 2.89. The van der Waals surface area contributed by atoms with Gasteiger partial charge in [-0.1, -0.05) is 25.5 Å². The minimum absolute atomic E-state index is 0.133. The van der Waals surface area contributed by atoms with Gasteiger partial charge in [-0.15, -0.1) is 0 Å². The zero-order chi connectivity index (χ0) is 18.9. The van der Waals surface area contributed by atoms with Crippen LogP contribution in [0.25, 0.3) is 0 Å². The molecule has 0 bridgehead atoms. The summed E-state index contributed by atoms with van der Waals surface area (Å²) in [6, 6.07) is 14.6. The number of rotatable bonds is 9. The number of hydrogen-bond donors (Lipinski definition) is 1. The standard InChI is InChI=1S/C22H27NO4/c1-2-3-14-25-18-12-10-17(11-13-18)22(24)23-20-8-4-5-9-21(20)27-16-19-7-6-15-26-19/h4-5,8-13,19H,2-3,6-7,14-16H2,1H3,(H,23,24)/t19-/m0/s1. The van der Waals surface area contributed by atoms with Crippen LogP contribution in [-0.2, 0) is 4.74 Å². The van der Waals surface area contributed by atoms with E-state index in [4.69, 9.17) is 14.2 Å². The fraction of sp³-hybridized carbons (Fsp3) is 0.409. The van der Waals surface area contributed by atoms with E-state index in [1.807, 2.05) is 36.4 Å². The lowest BCUT2D eigenvalue weighted by Crippen LogP contribution is -2.18. The molecule has 5 nitrogen and oxygen atoms in total. The number of hydrogen-bond acceptors (Lipinski definition) is 4. The lowest BCUT2D eigenvalue weighted by Gasteiger charge is -2.15. The molecule has 1 aliphatic heterocycles. The Labute approximate surface area is 160 Å². The topological polar surface area (TPSA) is 56.8 Å². The highest BCUT2D eigenvalue weighted by Gasteiger charge is 2.17. The van der Waals surface area contributed by atoms with Gasteiger partial charge in [0.15, 0.2) is 0 Å². The van der Waals surface area contributed by atoms with Crippen molar-refractivity contribution in [3.8, 4) is 11.5 Å². The second kappa shape index (κ2) is 9.97. The Kier molecular flexibility index (Phi) is 7.11. The number of nitrogens with one attached hydrogen (secondary N) is 1. The summed E-state index contributed by atoms with van der Waals surface area (Å²) in [5, 5.41) is 2.93. The largest absolute Gasteiger partial charge is 0.494 e. The van der Waals surface area contributed by atoms with Gasteiger partial charge in [0.05, 0.1) is 18.4 Å². The van der Waals surface area contributed by atoms with Gasteiger partial charge >= 0.3 is 0 Å². The molecule has 0 spiro atoms. The average molecular weight is 369 g/mol. The molecule has 0 aromatic heterocycles. The SMILES string of the molecule is CCCCOc1ccc(C(=O)Nc2ccccc2OC[C@@H]2CCCO2)cc1. The molecule has 0 aliphatic carbocycles. The van der Waals surface area contributed by atoms with Crippen molar-refractivity contribution in [1.82, 2.24) is 0 Å². The van der Waals surface area contributed by atoms with E-state index in [-0.39, 0.29) is 12.0 Å². The Morgan fingerprint density at radius 1 is 1.15 bits per heavy atom. The molecule has 1 saturated heterocycles. The van der Waals surface area contributed by atoms with Crippen LogP contribution in [0.5, 0.6) is 11.5 Å². The minimum atomic E-state index is -0.178. The number of carbonyl (C=O) groups is 1. The van der Waals surface area contributed by atoms with E-state index in [1.54, 1.807) is 12.1 Å². The van der Waals surface area contributed by atoms with Crippen LogP contribution in [0.4, 0.5) is 5.69 Å². The van der Waals surface area contributed by atoms with Gasteiger partial charge in [-0.05, 0) is 55.7 Å². The molecular weight excluding hydrogens is 342 g/mol. The number of amides is 1. The molecule has 0 radical (unpaired) electrons. The first-order valence-electron chi connectivity index (χ1n) is 9.64. The van der Waals surface area contributed by atoms with Gasteiger partial charge in [0.25, 0.3) is 5.91 Å². The number of para-hydroxylation sites is 2. The van der Waals surface area contributed by atoms with Crippen molar-refractivity contribution in [3.05, 3.63) is 54.1 Å². The van der Waals surface area contributed by atoms with Crippen LogP contribution in [0, 0.1) is 0 Å². The summed E-state index contributed by atoms with van der Waals surface area (Å²) in [6.45, 7) is 4.11. The van der Waals surface area contributed by atoms with Gasteiger partial charge in [0.2, 0.25) is 0 Å². The Bertz CT molecular complexity index is 723. The number of benzene rings is 2. The Morgan fingerprint density at radius 2 is 1.96 bits per heavy atom. The van der Waals surface area contributed by atoms with Gasteiger partial charge in [-0.25, -0.2) is 0 Å². The van der Waals surface area contributed by atoms with Crippen LogP contribution in [-0.4, -0.2) is 31.8 Å². The molecule has 2 aromatic carbocycles. The number of anilines is 1. The number of ether oxygens (including phenoxy) is 3. The zero-order valence-electron chi connectivity index (χ0n) is 15.8. The Hall–Kier alpha value is -2.53. The first kappa shape index (κ1) is 19.2. The Balaban J connectivity index is 1.58. The summed E-state index contributed by atoms with van der Waals surface area (Å²) in [5.41, 5.74) is 1.23. The summed E-state index contributed by atoms with van der Waals surface area (Å²) in [5.74, 6) is 1.25. The van der Waals surface area contributed by atoms with Crippen LogP contribution in [0.2, 0.25) is 0 Å². The highest BCUT2D eigenvalue weighted by atomic mass is 16.5. The molecule has 3 rings (SSSR count). The minimum Gasteiger partial charge on any atom is -0.494 e. The van der Waals surface area contributed by atoms with Gasteiger partial charge in [0.1, 0.15) is 18.1 Å². The lowest BCUT2D eigenvalue weighted by molar-refractivity contribution is 0.0682. The summed E-state index contributed by atoms with van der Waals surface area (Å²) in [4.78, 5) is 12.6. The van der Waals surface area contributed by atoms with Gasteiger partial charge < -0.3 is 19.5 Å². The fourth-order valence-electron chi connectivity index (χ4n) is 2.89. The van der Waals surface area contributed by atoms with Crippen LogP contribution >= 0.6 is 0 Å². The first-order chi connectivity index (χ1) is 13.3. The van der Waals surface area contributed by atoms with Gasteiger partial charge in [0, 0.05) is 12.2 Å². The average Bonchev–Trinajstić information content (AvgIpc) is 3.22. The molecule has 1 heterocycles. The predicted molar refractivity (Wildman–Crippen MR) is 106 cm³/mol. The van der Waals surface area contributed by atoms with Crippen LogP contribution in [0.1, 0.15) is 43.0 Å². The van der Waals surface area contributed by atoms with Crippen molar-refractivity contribution >= 4 is 11.6 Å². The highest BCUT2D eigenvalue weighted by molar-refractivity contribution is 6.05. The Morgan fingerprint density at radius 3 is 2.70 bits per heavy atom. The van der Waals surface area contributed by atoms with E-state index >= 15 is 0 Å². The molecule has 0 saturated carbocycles. The molecule has 0 unspecified atom stereocenters. The van der Waals surface area contributed by atoms with Crippen molar-refractivity contribution in [2.24, 2.45) is 0 Å². The van der Waals surface area contributed by atoms with Crippen molar-refractivity contribution < 1.29 is 19.0 Å².